The number of piperidine rings is 1. The first kappa shape index (κ1) is 15.7. The molecule has 1 aromatic carbocycles. The van der Waals surface area contributed by atoms with E-state index in [2.05, 4.69) is 4.98 Å². The van der Waals surface area contributed by atoms with Crippen LogP contribution in [0.25, 0.3) is 22.2 Å². The second-order valence-corrected chi connectivity index (χ2v) is 6.33. The zero-order valence-electron chi connectivity index (χ0n) is 13.8. The average molecular weight is 333 g/mol. The molecule has 3 heterocycles. The Morgan fingerprint density at radius 1 is 1.08 bits per heavy atom. The molecule has 0 atom stereocenters. The van der Waals surface area contributed by atoms with Crippen molar-refractivity contribution in [3.05, 3.63) is 60.4 Å². The molecule has 1 aliphatic heterocycles. The number of benzene rings is 1. The summed E-state index contributed by atoms with van der Waals surface area (Å²) in [7, 11) is 0. The number of hydrogen-bond acceptors (Lipinski definition) is 4. The summed E-state index contributed by atoms with van der Waals surface area (Å²) in [5, 5.41) is 10.5. The first-order valence-electron chi connectivity index (χ1n) is 8.50. The van der Waals surface area contributed by atoms with Gasteiger partial charge < -0.3 is 10.0 Å². The Labute approximate surface area is 146 Å². The van der Waals surface area contributed by atoms with Gasteiger partial charge in [0.15, 0.2) is 0 Å². The molecule has 1 saturated heterocycles. The molecule has 3 aromatic rings. The van der Waals surface area contributed by atoms with E-state index in [1.807, 2.05) is 47.4 Å². The number of amides is 1. The van der Waals surface area contributed by atoms with E-state index >= 15 is 0 Å². The van der Waals surface area contributed by atoms with Gasteiger partial charge >= 0.3 is 0 Å². The van der Waals surface area contributed by atoms with Gasteiger partial charge in [-0.25, -0.2) is 4.98 Å². The minimum absolute atomic E-state index is 0.000746. The van der Waals surface area contributed by atoms with Gasteiger partial charge in [-0.2, -0.15) is 0 Å². The minimum Gasteiger partial charge on any atom is -0.393 e. The zero-order chi connectivity index (χ0) is 17.2. The van der Waals surface area contributed by atoms with E-state index < -0.39 is 0 Å². The highest BCUT2D eigenvalue weighted by Gasteiger charge is 2.24. The number of pyridine rings is 2. The first-order valence-corrected chi connectivity index (χ1v) is 8.50. The molecular formula is C20H19N3O2. The fraction of sp³-hybridized carbons (Fsp3) is 0.250. The number of aromatic nitrogens is 2. The largest absolute Gasteiger partial charge is 0.393 e. The third-order valence-electron chi connectivity index (χ3n) is 4.67. The molecule has 1 amide bonds. The number of rotatable bonds is 2. The zero-order valence-corrected chi connectivity index (χ0v) is 13.8. The number of carbonyl (C=O) groups is 1. The van der Waals surface area contributed by atoms with E-state index in [1.54, 1.807) is 12.4 Å². The van der Waals surface area contributed by atoms with Gasteiger partial charge in [-0.05, 0) is 37.1 Å². The maximum Gasteiger partial charge on any atom is 0.254 e. The number of fused-ring (bicyclic) bond motifs is 1. The number of likely N-dealkylation sites (tertiary alicyclic amines) is 1. The fourth-order valence-corrected chi connectivity index (χ4v) is 3.26. The highest BCUT2D eigenvalue weighted by Crippen LogP contribution is 2.26. The van der Waals surface area contributed by atoms with Crippen molar-refractivity contribution in [1.82, 2.24) is 14.9 Å². The molecule has 5 heteroatoms. The van der Waals surface area contributed by atoms with E-state index in [9.17, 15) is 9.90 Å². The predicted octanol–water partition coefficient (Wildman–Crippen LogP) is 2.89. The van der Waals surface area contributed by atoms with Gasteiger partial charge in [-0.1, -0.05) is 18.2 Å². The summed E-state index contributed by atoms with van der Waals surface area (Å²) in [6.07, 6.45) is 4.41. The maximum absolute atomic E-state index is 13.1. The summed E-state index contributed by atoms with van der Waals surface area (Å²) in [6.45, 7) is 1.17. The lowest BCUT2D eigenvalue weighted by atomic mass is 10.0. The molecule has 126 valence electrons. The van der Waals surface area contributed by atoms with Crippen molar-refractivity contribution in [1.29, 1.82) is 0 Å². The van der Waals surface area contributed by atoms with Crippen LogP contribution < -0.4 is 0 Å². The van der Waals surface area contributed by atoms with Crippen LogP contribution in [0.15, 0.2) is 54.9 Å². The Morgan fingerprint density at radius 2 is 1.80 bits per heavy atom. The van der Waals surface area contributed by atoms with Gasteiger partial charge in [0.1, 0.15) is 0 Å². The highest BCUT2D eigenvalue weighted by molar-refractivity contribution is 6.07. The quantitative estimate of drug-likeness (QED) is 0.783. The van der Waals surface area contributed by atoms with E-state index in [-0.39, 0.29) is 12.0 Å². The van der Waals surface area contributed by atoms with E-state index in [0.717, 1.165) is 22.2 Å². The molecule has 4 rings (SSSR count). The van der Waals surface area contributed by atoms with Crippen molar-refractivity contribution in [2.75, 3.05) is 13.1 Å². The van der Waals surface area contributed by atoms with Gasteiger partial charge in [-0.3, -0.25) is 9.78 Å². The standard InChI is InChI=1S/C20H19N3O2/c24-15-7-11-23(12-8-15)20(25)17-13-19(14-5-9-21-10-6-14)22-18-4-2-1-3-16(17)18/h1-6,9-10,13,15,24H,7-8,11-12H2. The second-order valence-electron chi connectivity index (χ2n) is 6.33. The normalized spacial score (nSPS) is 15.5. The lowest BCUT2D eigenvalue weighted by Crippen LogP contribution is -2.40. The topological polar surface area (TPSA) is 66.3 Å². The summed E-state index contributed by atoms with van der Waals surface area (Å²) in [4.78, 5) is 23.7. The SMILES string of the molecule is O=C(c1cc(-c2ccncc2)nc2ccccc12)N1CCC(O)CC1. The Kier molecular flexibility index (Phi) is 4.15. The third-order valence-corrected chi connectivity index (χ3v) is 4.67. The van der Waals surface area contributed by atoms with Crippen molar-refractivity contribution in [3.8, 4) is 11.3 Å². The molecule has 0 aliphatic carbocycles. The van der Waals surface area contributed by atoms with Crippen molar-refractivity contribution in [3.63, 3.8) is 0 Å². The summed E-state index contributed by atoms with van der Waals surface area (Å²) in [5.74, 6) is 0.000746. The van der Waals surface area contributed by atoms with Crippen molar-refractivity contribution in [2.45, 2.75) is 18.9 Å². The molecular weight excluding hydrogens is 314 g/mol. The Hall–Kier alpha value is -2.79. The molecule has 0 unspecified atom stereocenters. The van der Waals surface area contributed by atoms with Crippen molar-refractivity contribution in [2.24, 2.45) is 0 Å². The van der Waals surface area contributed by atoms with Crippen molar-refractivity contribution < 1.29 is 9.90 Å². The van der Waals surface area contributed by atoms with Crippen LogP contribution in [-0.2, 0) is 0 Å². The predicted molar refractivity (Wildman–Crippen MR) is 96.1 cm³/mol. The molecule has 0 spiro atoms. The van der Waals surface area contributed by atoms with Crippen molar-refractivity contribution >= 4 is 16.8 Å². The van der Waals surface area contributed by atoms with Crippen LogP contribution in [0.4, 0.5) is 0 Å². The number of para-hydroxylation sites is 1. The number of nitrogens with zero attached hydrogens (tertiary/aromatic N) is 3. The van der Waals surface area contributed by atoms with Gasteiger partial charge in [0.2, 0.25) is 0 Å². The molecule has 0 radical (unpaired) electrons. The molecule has 1 fully saturated rings. The molecule has 2 aromatic heterocycles. The van der Waals surface area contributed by atoms with Crippen LogP contribution in [0.2, 0.25) is 0 Å². The number of hydrogen-bond donors (Lipinski definition) is 1. The van der Waals surface area contributed by atoms with Crippen LogP contribution in [-0.4, -0.2) is 45.1 Å². The molecule has 1 aliphatic rings. The Bertz CT molecular complexity index is 903. The Morgan fingerprint density at radius 3 is 2.56 bits per heavy atom. The van der Waals surface area contributed by atoms with Crippen LogP contribution in [0, 0.1) is 0 Å². The molecule has 5 nitrogen and oxygen atoms in total. The molecule has 25 heavy (non-hydrogen) atoms. The van der Waals surface area contributed by atoms with Gasteiger partial charge in [0.25, 0.3) is 5.91 Å². The van der Waals surface area contributed by atoms with Gasteiger partial charge in [0.05, 0.1) is 22.9 Å². The lowest BCUT2D eigenvalue weighted by molar-refractivity contribution is 0.0548. The third kappa shape index (κ3) is 3.10. The van der Waals surface area contributed by atoms with Crippen LogP contribution in [0.3, 0.4) is 0 Å². The smallest absolute Gasteiger partial charge is 0.254 e. The minimum atomic E-state index is -0.300. The number of aliphatic hydroxyl groups is 1. The summed E-state index contributed by atoms with van der Waals surface area (Å²) < 4.78 is 0. The summed E-state index contributed by atoms with van der Waals surface area (Å²) in [5.41, 5.74) is 3.16. The first-order chi connectivity index (χ1) is 12.2. The fourth-order valence-electron chi connectivity index (χ4n) is 3.26. The van der Waals surface area contributed by atoms with E-state index in [4.69, 9.17) is 4.98 Å². The highest BCUT2D eigenvalue weighted by atomic mass is 16.3. The second kappa shape index (κ2) is 6.61. The number of carbonyl (C=O) groups excluding carboxylic acids is 1. The monoisotopic (exact) mass is 333 g/mol. The van der Waals surface area contributed by atoms with Gasteiger partial charge in [0, 0.05) is 36.4 Å². The summed E-state index contributed by atoms with van der Waals surface area (Å²) in [6, 6.07) is 13.4. The average Bonchev–Trinajstić information content (AvgIpc) is 2.68. The van der Waals surface area contributed by atoms with Crippen LogP contribution in [0.5, 0.6) is 0 Å². The summed E-state index contributed by atoms with van der Waals surface area (Å²) >= 11 is 0. The van der Waals surface area contributed by atoms with E-state index in [1.165, 1.54) is 0 Å². The maximum atomic E-state index is 13.1. The van der Waals surface area contributed by atoms with Crippen LogP contribution >= 0.6 is 0 Å². The van der Waals surface area contributed by atoms with Crippen LogP contribution in [0.1, 0.15) is 23.2 Å². The Balaban J connectivity index is 1.80. The molecule has 0 bridgehead atoms. The molecule has 0 saturated carbocycles. The lowest BCUT2D eigenvalue weighted by Gasteiger charge is -2.30. The van der Waals surface area contributed by atoms with Gasteiger partial charge in [-0.15, -0.1) is 0 Å². The number of aliphatic hydroxyl groups excluding tert-OH is 1. The van der Waals surface area contributed by atoms with E-state index in [0.29, 0.717) is 31.5 Å². The molecule has 1 N–H and O–H groups in total.